The molecule has 0 aromatic rings. The normalized spacial score (nSPS) is 12.7. The molecule has 0 radical (unpaired) electrons. The molecule has 0 aliphatic heterocycles. The van der Waals surface area contributed by atoms with E-state index in [1.165, 1.54) is 7.11 Å². The lowest BCUT2D eigenvalue weighted by atomic mass is 10.2. The number of carbonyl (C=O) groups excluding carboxylic acids is 2. The standard InChI is InChI=1S/C13H25NO5/c1-6-7-8-18-9-10(11(15)17-5)14-12(16)19-13(2,3)4/h10H,6-9H2,1-5H3,(H,14,16). The molecule has 0 bridgehead atoms. The second-order valence-corrected chi connectivity index (χ2v) is 5.15. The number of amides is 1. The monoisotopic (exact) mass is 275 g/mol. The minimum atomic E-state index is -0.850. The van der Waals surface area contributed by atoms with Gasteiger partial charge in [0.1, 0.15) is 5.60 Å². The van der Waals surface area contributed by atoms with Crippen LogP contribution in [0.5, 0.6) is 0 Å². The van der Waals surface area contributed by atoms with Gasteiger partial charge < -0.3 is 19.5 Å². The van der Waals surface area contributed by atoms with Crippen molar-refractivity contribution in [1.29, 1.82) is 0 Å². The molecule has 6 nitrogen and oxygen atoms in total. The van der Waals surface area contributed by atoms with Gasteiger partial charge in [0, 0.05) is 6.61 Å². The Morgan fingerprint density at radius 2 is 1.89 bits per heavy atom. The van der Waals surface area contributed by atoms with Crippen molar-refractivity contribution in [2.24, 2.45) is 0 Å². The summed E-state index contributed by atoms with van der Waals surface area (Å²) >= 11 is 0. The van der Waals surface area contributed by atoms with Crippen LogP contribution in [-0.2, 0) is 19.0 Å². The summed E-state index contributed by atoms with van der Waals surface area (Å²) in [6.45, 7) is 7.90. The Labute approximate surface area is 114 Å². The maximum absolute atomic E-state index is 11.6. The van der Waals surface area contributed by atoms with Crippen LogP contribution in [0.25, 0.3) is 0 Å². The van der Waals surface area contributed by atoms with Gasteiger partial charge in [-0.1, -0.05) is 13.3 Å². The fraction of sp³-hybridized carbons (Fsp3) is 0.846. The first kappa shape index (κ1) is 17.7. The van der Waals surface area contributed by atoms with Gasteiger partial charge >= 0.3 is 12.1 Å². The summed E-state index contributed by atoms with van der Waals surface area (Å²) in [6, 6.07) is -0.850. The van der Waals surface area contributed by atoms with Crippen LogP contribution in [0, 0.1) is 0 Å². The number of esters is 1. The van der Waals surface area contributed by atoms with E-state index in [0.29, 0.717) is 6.61 Å². The van der Waals surface area contributed by atoms with Gasteiger partial charge in [-0.25, -0.2) is 9.59 Å². The van der Waals surface area contributed by atoms with Crippen molar-refractivity contribution in [3.8, 4) is 0 Å². The highest BCUT2D eigenvalue weighted by atomic mass is 16.6. The quantitative estimate of drug-likeness (QED) is 0.567. The molecule has 0 aliphatic rings. The lowest BCUT2D eigenvalue weighted by molar-refractivity contribution is -0.144. The molecule has 1 unspecified atom stereocenters. The number of carbonyl (C=O) groups is 2. The molecule has 0 rings (SSSR count). The summed E-state index contributed by atoms with van der Waals surface area (Å²) in [6.07, 6.45) is 1.24. The van der Waals surface area contributed by atoms with Crippen LogP contribution < -0.4 is 5.32 Å². The molecule has 1 atom stereocenters. The van der Waals surface area contributed by atoms with Gasteiger partial charge in [-0.3, -0.25) is 0 Å². The third kappa shape index (κ3) is 9.30. The molecule has 0 spiro atoms. The number of hydrogen-bond donors (Lipinski definition) is 1. The van der Waals surface area contributed by atoms with Crippen LogP contribution in [0.1, 0.15) is 40.5 Å². The average molecular weight is 275 g/mol. The minimum Gasteiger partial charge on any atom is -0.467 e. The summed E-state index contributed by atoms with van der Waals surface area (Å²) in [4.78, 5) is 23.1. The van der Waals surface area contributed by atoms with Crippen molar-refractivity contribution in [2.45, 2.75) is 52.2 Å². The topological polar surface area (TPSA) is 73.9 Å². The van der Waals surface area contributed by atoms with E-state index in [0.717, 1.165) is 12.8 Å². The van der Waals surface area contributed by atoms with E-state index in [2.05, 4.69) is 10.1 Å². The van der Waals surface area contributed by atoms with Crippen LogP contribution in [0.4, 0.5) is 4.79 Å². The smallest absolute Gasteiger partial charge is 0.408 e. The second kappa shape index (κ2) is 8.74. The number of alkyl carbamates (subject to hydrolysis) is 1. The molecular formula is C13H25NO5. The Morgan fingerprint density at radius 1 is 1.26 bits per heavy atom. The second-order valence-electron chi connectivity index (χ2n) is 5.15. The van der Waals surface area contributed by atoms with Gasteiger partial charge in [-0.05, 0) is 27.2 Å². The maximum Gasteiger partial charge on any atom is 0.408 e. The molecule has 112 valence electrons. The van der Waals surface area contributed by atoms with E-state index in [-0.39, 0.29) is 6.61 Å². The van der Waals surface area contributed by atoms with E-state index in [4.69, 9.17) is 9.47 Å². The Hall–Kier alpha value is -1.30. The molecule has 1 amide bonds. The molecule has 0 saturated carbocycles. The van der Waals surface area contributed by atoms with E-state index in [1.807, 2.05) is 6.92 Å². The minimum absolute atomic E-state index is 0.0753. The number of unbranched alkanes of at least 4 members (excludes halogenated alkanes) is 1. The van der Waals surface area contributed by atoms with Crippen molar-refractivity contribution in [2.75, 3.05) is 20.3 Å². The molecule has 0 aromatic heterocycles. The Morgan fingerprint density at radius 3 is 2.37 bits per heavy atom. The molecule has 0 heterocycles. The third-order valence-corrected chi connectivity index (χ3v) is 2.10. The van der Waals surface area contributed by atoms with Crippen LogP contribution in [-0.4, -0.2) is 44.0 Å². The molecule has 0 fully saturated rings. The molecule has 0 saturated heterocycles. The Bertz CT molecular complexity index is 285. The first-order valence-electron chi connectivity index (χ1n) is 6.45. The SMILES string of the molecule is CCCCOCC(NC(=O)OC(C)(C)C)C(=O)OC. The number of nitrogens with one attached hydrogen (secondary N) is 1. The zero-order valence-electron chi connectivity index (χ0n) is 12.4. The van der Waals surface area contributed by atoms with Gasteiger partial charge in [0.15, 0.2) is 6.04 Å². The van der Waals surface area contributed by atoms with Gasteiger partial charge in [-0.15, -0.1) is 0 Å². The zero-order chi connectivity index (χ0) is 14.9. The van der Waals surface area contributed by atoms with Crippen LogP contribution in [0.15, 0.2) is 0 Å². The number of methoxy groups -OCH3 is 1. The van der Waals surface area contributed by atoms with E-state index >= 15 is 0 Å². The predicted molar refractivity (Wildman–Crippen MR) is 70.9 cm³/mol. The highest BCUT2D eigenvalue weighted by Gasteiger charge is 2.25. The Balaban J connectivity index is 4.27. The number of hydrogen-bond acceptors (Lipinski definition) is 5. The summed E-state index contributed by atoms with van der Waals surface area (Å²) in [7, 11) is 1.26. The van der Waals surface area contributed by atoms with Crippen molar-refractivity contribution in [3.05, 3.63) is 0 Å². The fourth-order valence-electron chi connectivity index (χ4n) is 1.21. The van der Waals surface area contributed by atoms with E-state index in [9.17, 15) is 9.59 Å². The first-order valence-corrected chi connectivity index (χ1v) is 6.45. The summed E-state index contributed by atoms with van der Waals surface area (Å²) in [5.74, 6) is -0.553. The zero-order valence-corrected chi connectivity index (χ0v) is 12.4. The molecule has 19 heavy (non-hydrogen) atoms. The van der Waals surface area contributed by atoms with Gasteiger partial charge in [-0.2, -0.15) is 0 Å². The molecular weight excluding hydrogens is 250 g/mol. The van der Waals surface area contributed by atoms with Gasteiger partial charge in [0.2, 0.25) is 0 Å². The largest absolute Gasteiger partial charge is 0.467 e. The van der Waals surface area contributed by atoms with Crippen molar-refractivity contribution < 1.29 is 23.8 Å². The highest BCUT2D eigenvalue weighted by Crippen LogP contribution is 2.07. The van der Waals surface area contributed by atoms with Crippen molar-refractivity contribution in [3.63, 3.8) is 0 Å². The van der Waals surface area contributed by atoms with E-state index < -0.39 is 23.7 Å². The van der Waals surface area contributed by atoms with Crippen molar-refractivity contribution >= 4 is 12.1 Å². The molecule has 0 aliphatic carbocycles. The van der Waals surface area contributed by atoms with E-state index in [1.54, 1.807) is 20.8 Å². The van der Waals surface area contributed by atoms with Crippen molar-refractivity contribution in [1.82, 2.24) is 5.32 Å². The first-order chi connectivity index (χ1) is 8.80. The molecule has 6 heteroatoms. The van der Waals surface area contributed by atoms with Crippen LogP contribution >= 0.6 is 0 Å². The molecule has 0 aromatic carbocycles. The summed E-state index contributed by atoms with van der Waals surface area (Å²) in [5, 5.41) is 2.44. The van der Waals surface area contributed by atoms with Crippen LogP contribution in [0.2, 0.25) is 0 Å². The molecule has 1 N–H and O–H groups in total. The fourth-order valence-corrected chi connectivity index (χ4v) is 1.21. The number of rotatable bonds is 7. The third-order valence-electron chi connectivity index (χ3n) is 2.10. The Kier molecular flexibility index (Phi) is 8.14. The number of ether oxygens (including phenoxy) is 3. The predicted octanol–water partition coefficient (Wildman–Crippen LogP) is 1.87. The summed E-state index contributed by atoms with van der Waals surface area (Å²) < 4.78 is 15.0. The summed E-state index contributed by atoms with van der Waals surface area (Å²) in [5.41, 5.74) is -0.617. The maximum atomic E-state index is 11.6. The lowest BCUT2D eigenvalue weighted by Crippen LogP contribution is -2.46. The highest BCUT2D eigenvalue weighted by molar-refractivity contribution is 5.81. The van der Waals surface area contributed by atoms with Crippen LogP contribution in [0.3, 0.4) is 0 Å². The van der Waals surface area contributed by atoms with Gasteiger partial charge in [0.25, 0.3) is 0 Å². The lowest BCUT2D eigenvalue weighted by Gasteiger charge is -2.22. The average Bonchev–Trinajstić information content (AvgIpc) is 2.29. The van der Waals surface area contributed by atoms with Gasteiger partial charge in [0.05, 0.1) is 13.7 Å².